The van der Waals surface area contributed by atoms with Crippen LogP contribution in [0, 0.1) is 0 Å². The molecule has 16 heavy (non-hydrogen) atoms. The standard InChI is InChI=1S/C13H18FNO/c1-10(15)12-4-2-11(3-5-12)8-13(14)6-7-16-9-13/h2-5,10H,6-9,15H2,1H3. The Morgan fingerprint density at radius 3 is 2.62 bits per heavy atom. The van der Waals surface area contributed by atoms with E-state index in [2.05, 4.69) is 0 Å². The summed E-state index contributed by atoms with van der Waals surface area (Å²) in [4.78, 5) is 0. The van der Waals surface area contributed by atoms with E-state index in [1.807, 2.05) is 31.2 Å². The number of hydrogen-bond donors (Lipinski definition) is 1. The molecule has 1 saturated heterocycles. The van der Waals surface area contributed by atoms with Gasteiger partial charge in [0.1, 0.15) is 5.67 Å². The Morgan fingerprint density at radius 1 is 1.44 bits per heavy atom. The van der Waals surface area contributed by atoms with E-state index in [1.165, 1.54) is 0 Å². The van der Waals surface area contributed by atoms with Crippen molar-refractivity contribution in [2.75, 3.05) is 13.2 Å². The minimum Gasteiger partial charge on any atom is -0.378 e. The summed E-state index contributed by atoms with van der Waals surface area (Å²) in [6.45, 7) is 2.70. The minimum atomic E-state index is -1.17. The van der Waals surface area contributed by atoms with Crippen LogP contribution in [0.15, 0.2) is 24.3 Å². The van der Waals surface area contributed by atoms with Gasteiger partial charge in [-0.2, -0.15) is 0 Å². The smallest absolute Gasteiger partial charge is 0.140 e. The Balaban J connectivity index is 2.05. The normalized spacial score (nSPS) is 26.9. The summed E-state index contributed by atoms with van der Waals surface area (Å²) in [5, 5.41) is 0. The lowest BCUT2D eigenvalue weighted by Crippen LogP contribution is -2.25. The van der Waals surface area contributed by atoms with Crippen LogP contribution < -0.4 is 5.73 Å². The Morgan fingerprint density at radius 2 is 2.12 bits per heavy atom. The maximum absolute atomic E-state index is 14.1. The van der Waals surface area contributed by atoms with Crippen molar-refractivity contribution in [2.45, 2.75) is 31.5 Å². The summed E-state index contributed by atoms with van der Waals surface area (Å²) in [6.07, 6.45) is 0.939. The van der Waals surface area contributed by atoms with Gasteiger partial charge in [0.05, 0.1) is 6.61 Å². The lowest BCUT2D eigenvalue weighted by atomic mass is 9.94. The molecule has 1 heterocycles. The maximum Gasteiger partial charge on any atom is 0.140 e. The van der Waals surface area contributed by atoms with Gasteiger partial charge in [-0.05, 0) is 18.1 Å². The van der Waals surface area contributed by atoms with Gasteiger partial charge in [0, 0.05) is 25.5 Å². The predicted molar refractivity (Wildman–Crippen MR) is 62.0 cm³/mol. The van der Waals surface area contributed by atoms with Gasteiger partial charge in [0.15, 0.2) is 0 Å². The number of ether oxygens (including phenoxy) is 1. The van der Waals surface area contributed by atoms with E-state index in [-0.39, 0.29) is 12.6 Å². The average molecular weight is 223 g/mol. The van der Waals surface area contributed by atoms with Crippen LogP contribution in [-0.4, -0.2) is 18.9 Å². The molecular formula is C13H18FNO. The van der Waals surface area contributed by atoms with Crippen molar-refractivity contribution in [3.05, 3.63) is 35.4 Å². The summed E-state index contributed by atoms with van der Waals surface area (Å²) in [6, 6.07) is 7.89. The molecule has 2 unspecified atom stereocenters. The van der Waals surface area contributed by atoms with Gasteiger partial charge < -0.3 is 10.5 Å². The van der Waals surface area contributed by atoms with E-state index >= 15 is 0 Å². The molecule has 0 aliphatic carbocycles. The van der Waals surface area contributed by atoms with Gasteiger partial charge in [-0.3, -0.25) is 0 Å². The van der Waals surface area contributed by atoms with Crippen LogP contribution in [0.3, 0.4) is 0 Å². The SMILES string of the molecule is CC(N)c1ccc(CC2(F)CCOC2)cc1. The summed E-state index contributed by atoms with van der Waals surface area (Å²) in [7, 11) is 0. The molecule has 2 rings (SSSR count). The molecule has 0 bridgehead atoms. The van der Waals surface area contributed by atoms with Crippen LogP contribution in [-0.2, 0) is 11.2 Å². The highest BCUT2D eigenvalue weighted by atomic mass is 19.1. The third kappa shape index (κ3) is 2.60. The number of nitrogens with two attached hydrogens (primary N) is 1. The first kappa shape index (κ1) is 11.6. The first-order valence-electron chi connectivity index (χ1n) is 5.70. The molecular weight excluding hydrogens is 205 g/mol. The topological polar surface area (TPSA) is 35.2 Å². The van der Waals surface area contributed by atoms with Crippen LogP contribution >= 0.6 is 0 Å². The van der Waals surface area contributed by atoms with Crippen molar-refractivity contribution in [3.8, 4) is 0 Å². The first-order chi connectivity index (χ1) is 7.59. The lowest BCUT2D eigenvalue weighted by molar-refractivity contribution is 0.112. The Bertz CT molecular complexity index is 341. The molecule has 0 radical (unpaired) electrons. The van der Waals surface area contributed by atoms with Crippen molar-refractivity contribution in [3.63, 3.8) is 0 Å². The van der Waals surface area contributed by atoms with Crippen LogP contribution in [0.5, 0.6) is 0 Å². The van der Waals surface area contributed by atoms with Crippen molar-refractivity contribution < 1.29 is 9.13 Å². The number of benzene rings is 1. The van der Waals surface area contributed by atoms with E-state index in [1.54, 1.807) is 0 Å². The van der Waals surface area contributed by atoms with Gasteiger partial charge in [0.25, 0.3) is 0 Å². The van der Waals surface area contributed by atoms with E-state index in [9.17, 15) is 4.39 Å². The molecule has 0 amide bonds. The van der Waals surface area contributed by atoms with Crippen molar-refractivity contribution in [1.29, 1.82) is 0 Å². The van der Waals surface area contributed by atoms with Gasteiger partial charge in [-0.1, -0.05) is 24.3 Å². The van der Waals surface area contributed by atoms with Crippen molar-refractivity contribution >= 4 is 0 Å². The van der Waals surface area contributed by atoms with Gasteiger partial charge in [0.2, 0.25) is 0 Å². The zero-order valence-corrected chi connectivity index (χ0v) is 9.58. The molecule has 0 saturated carbocycles. The molecule has 2 atom stereocenters. The Hall–Kier alpha value is -0.930. The fourth-order valence-electron chi connectivity index (χ4n) is 2.03. The molecule has 1 aliphatic rings. The highest BCUT2D eigenvalue weighted by molar-refractivity contribution is 5.25. The number of alkyl halides is 1. The van der Waals surface area contributed by atoms with Crippen LogP contribution in [0.1, 0.15) is 30.5 Å². The van der Waals surface area contributed by atoms with E-state index in [0.717, 1.165) is 11.1 Å². The molecule has 1 fully saturated rings. The van der Waals surface area contributed by atoms with Gasteiger partial charge >= 0.3 is 0 Å². The molecule has 3 heteroatoms. The number of halogens is 1. The number of hydrogen-bond acceptors (Lipinski definition) is 2. The van der Waals surface area contributed by atoms with Crippen molar-refractivity contribution in [1.82, 2.24) is 0 Å². The lowest BCUT2D eigenvalue weighted by Gasteiger charge is -2.17. The summed E-state index contributed by atoms with van der Waals surface area (Å²) < 4.78 is 19.2. The van der Waals surface area contributed by atoms with E-state index in [4.69, 9.17) is 10.5 Å². The van der Waals surface area contributed by atoms with Gasteiger partial charge in [-0.25, -0.2) is 4.39 Å². The predicted octanol–water partition coefficient (Wildman–Crippen LogP) is 2.38. The second kappa shape index (κ2) is 4.52. The Labute approximate surface area is 95.6 Å². The second-order valence-corrected chi connectivity index (χ2v) is 4.66. The molecule has 0 aromatic heterocycles. The third-order valence-electron chi connectivity index (χ3n) is 3.08. The quantitative estimate of drug-likeness (QED) is 0.853. The van der Waals surface area contributed by atoms with Crippen molar-refractivity contribution in [2.24, 2.45) is 5.73 Å². The maximum atomic E-state index is 14.1. The molecule has 1 aromatic rings. The summed E-state index contributed by atoms with van der Waals surface area (Å²) >= 11 is 0. The van der Waals surface area contributed by atoms with Gasteiger partial charge in [-0.15, -0.1) is 0 Å². The summed E-state index contributed by atoms with van der Waals surface area (Å²) in [5.74, 6) is 0. The zero-order valence-electron chi connectivity index (χ0n) is 9.58. The molecule has 1 aliphatic heterocycles. The fourth-order valence-corrected chi connectivity index (χ4v) is 2.03. The zero-order chi connectivity index (χ0) is 11.6. The van der Waals surface area contributed by atoms with Crippen LogP contribution in [0.25, 0.3) is 0 Å². The number of rotatable bonds is 3. The second-order valence-electron chi connectivity index (χ2n) is 4.66. The highest BCUT2D eigenvalue weighted by Gasteiger charge is 2.34. The van der Waals surface area contributed by atoms with Crippen LogP contribution in [0.2, 0.25) is 0 Å². The molecule has 88 valence electrons. The average Bonchev–Trinajstić information content (AvgIpc) is 2.65. The Kier molecular flexibility index (Phi) is 3.26. The van der Waals surface area contributed by atoms with E-state index in [0.29, 0.717) is 19.4 Å². The molecule has 2 N–H and O–H groups in total. The molecule has 0 spiro atoms. The molecule has 2 nitrogen and oxygen atoms in total. The fraction of sp³-hybridized carbons (Fsp3) is 0.538. The first-order valence-corrected chi connectivity index (χ1v) is 5.70. The van der Waals surface area contributed by atoms with E-state index < -0.39 is 5.67 Å². The highest BCUT2D eigenvalue weighted by Crippen LogP contribution is 2.27. The monoisotopic (exact) mass is 223 g/mol. The van der Waals surface area contributed by atoms with Crippen LogP contribution in [0.4, 0.5) is 4.39 Å². The minimum absolute atomic E-state index is 0.0307. The largest absolute Gasteiger partial charge is 0.378 e. The third-order valence-corrected chi connectivity index (χ3v) is 3.08. The molecule has 1 aromatic carbocycles. The summed E-state index contributed by atoms with van der Waals surface area (Å²) in [5.41, 5.74) is 6.68.